The van der Waals surface area contributed by atoms with Crippen LogP contribution in [0.25, 0.3) is 0 Å². The van der Waals surface area contributed by atoms with Crippen molar-refractivity contribution in [1.29, 1.82) is 0 Å². The first-order valence-corrected chi connectivity index (χ1v) is 6.60. The number of halogens is 1. The molecule has 1 aliphatic rings. The van der Waals surface area contributed by atoms with Crippen molar-refractivity contribution >= 4 is 33.5 Å². The molecule has 1 aromatic rings. The molecule has 14 heavy (non-hydrogen) atoms. The van der Waals surface area contributed by atoms with Crippen LogP contribution in [0.15, 0.2) is 10.7 Å². The monoisotopic (exact) mass is 273 g/mol. The summed E-state index contributed by atoms with van der Waals surface area (Å²) < 4.78 is 0.940. The summed E-state index contributed by atoms with van der Waals surface area (Å²) in [5.41, 5.74) is 0. The summed E-state index contributed by atoms with van der Waals surface area (Å²) in [5.74, 6) is 4.77. The van der Waals surface area contributed by atoms with Crippen LogP contribution in [-0.4, -0.2) is 28.0 Å². The van der Waals surface area contributed by atoms with Crippen LogP contribution < -0.4 is 5.32 Å². The molecular formula is C9H12BrN3S. The maximum absolute atomic E-state index is 4.50. The highest BCUT2D eigenvalue weighted by molar-refractivity contribution is 9.10. The van der Waals surface area contributed by atoms with Crippen molar-refractivity contribution in [3.05, 3.63) is 16.5 Å². The predicted molar refractivity (Wildman–Crippen MR) is 64.0 cm³/mol. The Labute approximate surface area is 96.2 Å². The lowest BCUT2D eigenvalue weighted by molar-refractivity contribution is 0.762. The summed E-state index contributed by atoms with van der Waals surface area (Å²) in [6.45, 7) is 2.95. The van der Waals surface area contributed by atoms with Crippen molar-refractivity contribution in [3.8, 4) is 0 Å². The first kappa shape index (κ1) is 10.2. The maximum atomic E-state index is 4.50. The SMILES string of the molecule is CCNc1nc(C2CSC2)ncc1Br. The van der Waals surface area contributed by atoms with Crippen molar-refractivity contribution in [3.63, 3.8) is 0 Å². The summed E-state index contributed by atoms with van der Waals surface area (Å²) in [6.07, 6.45) is 1.84. The lowest BCUT2D eigenvalue weighted by Crippen LogP contribution is -2.19. The van der Waals surface area contributed by atoms with Gasteiger partial charge >= 0.3 is 0 Å². The van der Waals surface area contributed by atoms with Crippen molar-refractivity contribution in [2.45, 2.75) is 12.8 Å². The van der Waals surface area contributed by atoms with Crippen LogP contribution in [0.3, 0.4) is 0 Å². The van der Waals surface area contributed by atoms with Crippen molar-refractivity contribution in [2.75, 3.05) is 23.4 Å². The molecule has 0 unspecified atom stereocenters. The van der Waals surface area contributed by atoms with Gasteiger partial charge in [0.05, 0.1) is 4.47 Å². The van der Waals surface area contributed by atoms with E-state index in [0.29, 0.717) is 5.92 Å². The highest BCUT2D eigenvalue weighted by atomic mass is 79.9. The zero-order valence-electron chi connectivity index (χ0n) is 7.96. The Kier molecular flexibility index (Phi) is 3.28. The number of hydrogen-bond donors (Lipinski definition) is 1. The molecule has 2 rings (SSSR count). The molecule has 0 atom stereocenters. The molecule has 1 aromatic heterocycles. The van der Waals surface area contributed by atoms with Gasteiger partial charge in [0.1, 0.15) is 11.6 Å². The number of thioether (sulfide) groups is 1. The van der Waals surface area contributed by atoms with E-state index >= 15 is 0 Å². The zero-order chi connectivity index (χ0) is 9.97. The smallest absolute Gasteiger partial charge is 0.144 e. The molecule has 76 valence electrons. The molecule has 0 bridgehead atoms. The third-order valence-electron chi connectivity index (χ3n) is 2.11. The number of hydrogen-bond acceptors (Lipinski definition) is 4. The fourth-order valence-corrected chi connectivity index (χ4v) is 2.35. The van der Waals surface area contributed by atoms with Crippen molar-refractivity contribution < 1.29 is 0 Å². The van der Waals surface area contributed by atoms with Crippen LogP contribution in [0.2, 0.25) is 0 Å². The fraction of sp³-hybridized carbons (Fsp3) is 0.556. The quantitative estimate of drug-likeness (QED) is 0.919. The molecule has 0 amide bonds. The minimum atomic E-state index is 0.561. The van der Waals surface area contributed by atoms with E-state index in [2.05, 4.69) is 38.1 Å². The normalized spacial score (nSPS) is 16.4. The number of nitrogens with one attached hydrogen (secondary N) is 1. The Hall–Kier alpha value is -0.290. The van der Waals surface area contributed by atoms with E-state index in [9.17, 15) is 0 Å². The highest BCUT2D eigenvalue weighted by Crippen LogP contribution is 2.33. The Morgan fingerprint density at radius 2 is 2.43 bits per heavy atom. The van der Waals surface area contributed by atoms with Crippen molar-refractivity contribution in [1.82, 2.24) is 9.97 Å². The molecule has 2 heterocycles. The molecule has 0 aromatic carbocycles. The average Bonchev–Trinajstić information content (AvgIpc) is 2.08. The molecule has 0 radical (unpaired) electrons. The largest absolute Gasteiger partial charge is 0.369 e. The van der Waals surface area contributed by atoms with Gasteiger partial charge in [-0.2, -0.15) is 11.8 Å². The molecule has 1 N–H and O–H groups in total. The predicted octanol–water partition coefficient (Wildman–Crippen LogP) is 2.50. The Morgan fingerprint density at radius 3 is 3.00 bits per heavy atom. The van der Waals surface area contributed by atoms with Gasteiger partial charge in [-0.15, -0.1) is 0 Å². The van der Waals surface area contributed by atoms with E-state index in [4.69, 9.17) is 0 Å². The minimum Gasteiger partial charge on any atom is -0.369 e. The maximum Gasteiger partial charge on any atom is 0.144 e. The second kappa shape index (κ2) is 4.49. The molecule has 0 spiro atoms. The topological polar surface area (TPSA) is 37.8 Å². The lowest BCUT2D eigenvalue weighted by atomic mass is 10.2. The Balaban J connectivity index is 2.21. The second-order valence-electron chi connectivity index (χ2n) is 3.19. The Morgan fingerprint density at radius 1 is 1.64 bits per heavy atom. The fourth-order valence-electron chi connectivity index (χ4n) is 1.25. The number of aromatic nitrogens is 2. The first-order chi connectivity index (χ1) is 6.81. The second-order valence-corrected chi connectivity index (χ2v) is 5.12. The molecule has 0 aliphatic carbocycles. The van der Waals surface area contributed by atoms with Crippen LogP contribution in [0, 0.1) is 0 Å². The van der Waals surface area contributed by atoms with Gasteiger partial charge < -0.3 is 5.32 Å². The van der Waals surface area contributed by atoms with Gasteiger partial charge in [0.25, 0.3) is 0 Å². The summed E-state index contributed by atoms with van der Waals surface area (Å²) in [5, 5.41) is 3.21. The van der Waals surface area contributed by atoms with Gasteiger partial charge in [0.15, 0.2) is 0 Å². The summed E-state index contributed by atoms with van der Waals surface area (Å²) in [6, 6.07) is 0. The molecule has 1 fully saturated rings. The summed E-state index contributed by atoms with van der Waals surface area (Å²) in [7, 11) is 0. The van der Waals surface area contributed by atoms with Crippen LogP contribution in [0.5, 0.6) is 0 Å². The van der Waals surface area contributed by atoms with Crippen LogP contribution in [0.4, 0.5) is 5.82 Å². The molecule has 1 aliphatic heterocycles. The number of nitrogens with zero attached hydrogens (tertiary/aromatic N) is 2. The van der Waals surface area contributed by atoms with Gasteiger partial charge in [-0.3, -0.25) is 0 Å². The van der Waals surface area contributed by atoms with Crippen LogP contribution in [0.1, 0.15) is 18.7 Å². The minimum absolute atomic E-state index is 0.561. The average molecular weight is 274 g/mol. The first-order valence-electron chi connectivity index (χ1n) is 4.65. The van der Waals surface area contributed by atoms with E-state index in [1.807, 2.05) is 18.0 Å². The third kappa shape index (κ3) is 2.03. The van der Waals surface area contributed by atoms with E-state index in [0.717, 1.165) is 34.2 Å². The van der Waals surface area contributed by atoms with E-state index in [1.165, 1.54) is 0 Å². The van der Waals surface area contributed by atoms with Gasteiger partial charge in [0.2, 0.25) is 0 Å². The third-order valence-corrected chi connectivity index (χ3v) is 3.97. The molecule has 3 nitrogen and oxygen atoms in total. The zero-order valence-corrected chi connectivity index (χ0v) is 10.4. The van der Waals surface area contributed by atoms with Crippen LogP contribution >= 0.6 is 27.7 Å². The van der Waals surface area contributed by atoms with E-state index in [-0.39, 0.29) is 0 Å². The van der Waals surface area contributed by atoms with Gasteiger partial charge in [-0.1, -0.05) is 0 Å². The molecule has 1 saturated heterocycles. The highest BCUT2D eigenvalue weighted by Gasteiger charge is 2.23. The van der Waals surface area contributed by atoms with Crippen LogP contribution in [-0.2, 0) is 0 Å². The number of rotatable bonds is 3. The van der Waals surface area contributed by atoms with E-state index < -0.39 is 0 Å². The molecule has 0 saturated carbocycles. The molecule has 5 heteroatoms. The van der Waals surface area contributed by atoms with Gasteiger partial charge in [-0.05, 0) is 22.9 Å². The number of anilines is 1. The van der Waals surface area contributed by atoms with E-state index in [1.54, 1.807) is 0 Å². The summed E-state index contributed by atoms with van der Waals surface area (Å²) >= 11 is 5.38. The molecular weight excluding hydrogens is 262 g/mol. The van der Waals surface area contributed by atoms with Gasteiger partial charge in [0, 0.05) is 30.2 Å². The lowest BCUT2D eigenvalue weighted by Gasteiger charge is -2.23. The standard InChI is InChI=1S/C9H12BrN3S/c1-2-11-9-7(10)3-12-8(13-9)6-4-14-5-6/h3,6H,2,4-5H2,1H3,(H,11,12,13). The van der Waals surface area contributed by atoms with Crippen molar-refractivity contribution in [2.24, 2.45) is 0 Å². The van der Waals surface area contributed by atoms with Gasteiger partial charge in [-0.25, -0.2) is 9.97 Å². The summed E-state index contributed by atoms with van der Waals surface area (Å²) in [4.78, 5) is 8.83. The Bertz CT molecular complexity index is 328.